The zero-order valence-corrected chi connectivity index (χ0v) is 18.0. The fraction of sp³-hybridized carbons (Fsp3) is 0.261. The standard InChI is InChI=1S/C23H21FN8O/c1-30-11-9-20(27-30)31-14-18(26-29-31)22-17-13-15(16-5-4-10-25-23(16)24)7-8-19(17)32(28-22)21-6-2-3-12-33-21/h4-5,7-11,13-14,21H,2-3,6,12H2,1H3. The van der Waals surface area contributed by atoms with Gasteiger partial charge in [-0.1, -0.05) is 11.3 Å². The van der Waals surface area contributed by atoms with Gasteiger partial charge in [0, 0.05) is 43.1 Å². The molecule has 1 saturated heterocycles. The number of nitrogens with zero attached hydrogens (tertiary/aromatic N) is 8. The number of pyridine rings is 1. The molecule has 166 valence electrons. The first-order valence-corrected chi connectivity index (χ1v) is 10.8. The molecule has 0 amide bonds. The minimum Gasteiger partial charge on any atom is -0.356 e. The molecule has 0 spiro atoms. The molecule has 1 atom stereocenters. The van der Waals surface area contributed by atoms with E-state index in [1.54, 1.807) is 27.7 Å². The summed E-state index contributed by atoms with van der Waals surface area (Å²) in [6.45, 7) is 0.705. The van der Waals surface area contributed by atoms with Crippen LogP contribution in [-0.2, 0) is 11.8 Å². The second-order valence-electron chi connectivity index (χ2n) is 8.08. The summed E-state index contributed by atoms with van der Waals surface area (Å²) < 4.78 is 25.6. The monoisotopic (exact) mass is 444 g/mol. The molecule has 0 radical (unpaired) electrons. The first-order chi connectivity index (χ1) is 16.2. The summed E-state index contributed by atoms with van der Waals surface area (Å²) in [5.74, 6) is 0.149. The molecule has 5 aromatic rings. The van der Waals surface area contributed by atoms with Gasteiger partial charge >= 0.3 is 0 Å². The van der Waals surface area contributed by atoms with Crippen LogP contribution in [0.15, 0.2) is 55.0 Å². The Balaban J connectivity index is 1.51. The molecule has 33 heavy (non-hydrogen) atoms. The van der Waals surface area contributed by atoms with Crippen LogP contribution in [0.5, 0.6) is 0 Å². The van der Waals surface area contributed by atoms with Gasteiger partial charge in [-0.3, -0.25) is 4.68 Å². The maximum absolute atomic E-state index is 14.4. The van der Waals surface area contributed by atoms with Crippen molar-refractivity contribution in [3.8, 4) is 28.3 Å². The summed E-state index contributed by atoms with van der Waals surface area (Å²) in [7, 11) is 1.85. The van der Waals surface area contributed by atoms with Crippen molar-refractivity contribution in [1.82, 2.24) is 39.5 Å². The molecule has 4 aromatic heterocycles. The highest BCUT2D eigenvalue weighted by Crippen LogP contribution is 2.35. The number of aromatic nitrogens is 8. The minimum absolute atomic E-state index is 0.151. The van der Waals surface area contributed by atoms with Crippen LogP contribution in [0, 0.1) is 5.95 Å². The van der Waals surface area contributed by atoms with Crippen LogP contribution < -0.4 is 0 Å². The average Bonchev–Trinajstić information content (AvgIpc) is 3.57. The number of ether oxygens (including phenoxy) is 1. The third-order valence-corrected chi connectivity index (χ3v) is 5.88. The van der Waals surface area contributed by atoms with Gasteiger partial charge in [0.25, 0.3) is 0 Å². The Kier molecular flexibility index (Phi) is 4.72. The van der Waals surface area contributed by atoms with Crippen molar-refractivity contribution < 1.29 is 9.13 Å². The predicted octanol–water partition coefficient (Wildman–Crippen LogP) is 3.92. The normalized spacial score (nSPS) is 16.5. The van der Waals surface area contributed by atoms with Crippen molar-refractivity contribution in [2.45, 2.75) is 25.5 Å². The summed E-state index contributed by atoms with van der Waals surface area (Å²) >= 11 is 0. The van der Waals surface area contributed by atoms with Gasteiger partial charge in [-0.25, -0.2) is 9.67 Å². The summed E-state index contributed by atoms with van der Waals surface area (Å²) in [6.07, 6.45) is 7.94. The van der Waals surface area contributed by atoms with E-state index in [-0.39, 0.29) is 6.23 Å². The van der Waals surface area contributed by atoms with E-state index >= 15 is 0 Å². The molecule has 0 N–H and O–H groups in total. The van der Waals surface area contributed by atoms with Gasteiger partial charge < -0.3 is 4.74 Å². The lowest BCUT2D eigenvalue weighted by molar-refractivity contribution is -0.0365. The number of benzene rings is 1. The molecule has 10 heteroatoms. The average molecular weight is 444 g/mol. The third-order valence-electron chi connectivity index (χ3n) is 5.88. The van der Waals surface area contributed by atoms with Gasteiger partial charge in [0.15, 0.2) is 12.0 Å². The van der Waals surface area contributed by atoms with E-state index in [4.69, 9.17) is 9.84 Å². The zero-order chi connectivity index (χ0) is 22.4. The number of hydrogen-bond donors (Lipinski definition) is 0. The lowest BCUT2D eigenvalue weighted by atomic mass is 10.0. The van der Waals surface area contributed by atoms with E-state index in [0.717, 1.165) is 35.7 Å². The minimum atomic E-state index is -0.512. The lowest BCUT2D eigenvalue weighted by Crippen LogP contribution is -2.19. The molecular formula is C23H21FN8O. The molecule has 0 bridgehead atoms. The molecular weight excluding hydrogens is 423 g/mol. The Morgan fingerprint density at radius 1 is 1.12 bits per heavy atom. The Bertz CT molecular complexity index is 1450. The fourth-order valence-corrected chi connectivity index (χ4v) is 4.24. The van der Waals surface area contributed by atoms with Gasteiger partial charge in [-0.2, -0.15) is 19.3 Å². The van der Waals surface area contributed by atoms with Crippen LogP contribution in [0.1, 0.15) is 25.5 Å². The van der Waals surface area contributed by atoms with E-state index in [9.17, 15) is 4.39 Å². The molecule has 9 nitrogen and oxygen atoms in total. The molecule has 0 aliphatic carbocycles. The number of fused-ring (bicyclic) bond motifs is 1. The number of aryl methyl sites for hydroxylation is 1. The van der Waals surface area contributed by atoms with Gasteiger partial charge in [0.05, 0.1) is 11.7 Å². The Morgan fingerprint density at radius 2 is 2.06 bits per heavy atom. The molecule has 1 aliphatic heterocycles. The van der Waals surface area contributed by atoms with Crippen LogP contribution in [0.3, 0.4) is 0 Å². The maximum Gasteiger partial charge on any atom is 0.220 e. The van der Waals surface area contributed by atoms with E-state index in [2.05, 4.69) is 20.4 Å². The first-order valence-electron chi connectivity index (χ1n) is 10.8. The van der Waals surface area contributed by atoms with Crippen molar-refractivity contribution in [2.75, 3.05) is 6.61 Å². The number of rotatable bonds is 4. The van der Waals surface area contributed by atoms with Crippen molar-refractivity contribution in [3.05, 3.63) is 60.9 Å². The zero-order valence-electron chi connectivity index (χ0n) is 18.0. The summed E-state index contributed by atoms with van der Waals surface area (Å²) in [5, 5.41) is 18.7. The van der Waals surface area contributed by atoms with Gasteiger partial charge in [0.2, 0.25) is 5.95 Å². The van der Waals surface area contributed by atoms with Gasteiger partial charge in [-0.15, -0.1) is 5.10 Å². The van der Waals surface area contributed by atoms with Crippen molar-refractivity contribution in [2.24, 2.45) is 7.05 Å². The highest BCUT2D eigenvalue weighted by Gasteiger charge is 2.24. The van der Waals surface area contributed by atoms with Crippen LogP contribution in [0.4, 0.5) is 4.39 Å². The van der Waals surface area contributed by atoms with Crippen molar-refractivity contribution in [3.63, 3.8) is 0 Å². The van der Waals surface area contributed by atoms with Crippen molar-refractivity contribution >= 4 is 10.9 Å². The molecule has 5 heterocycles. The highest BCUT2D eigenvalue weighted by atomic mass is 19.1. The highest BCUT2D eigenvalue weighted by molar-refractivity contribution is 5.95. The smallest absolute Gasteiger partial charge is 0.220 e. The third kappa shape index (κ3) is 3.48. The topological polar surface area (TPSA) is 88.5 Å². The maximum atomic E-state index is 14.4. The molecule has 1 aromatic carbocycles. The molecule has 1 unspecified atom stereocenters. The Hall–Kier alpha value is -3.92. The molecule has 1 aliphatic rings. The van der Waals surface area contributed by atoms with E-state index < -0.39 is 5.95 Å². The predicted molar refractivity (Wildman–Crippen MR) is 119 cm³/mol. The molecule has 1 fully saturated rings. The lowest BCUT2D eigenvalue weighted by Gasteiger charge is -2.23. The fourth-order valence-electron chi connectivity index (χ4n) is 4.24. The molecule has 0 saturated carbocycles. The second-order valence-corrected chi connectivity index (χ2v) is 8.08. The number of hydrogen-bond acceptors (Lipinski definition) is 6. The van der Waals surface area contributed by atoms with Crippen LogP contribution in [-0.4, -0.2) is 46.1 Å². The van der Waals surface area contributed by atoms with E-state index in [1.165, 1.54) is 6.20 Å². The molecule has 6 rings (SSSR count). The number of halogens is 1. The Labute approximate surface area is 188 Å². The van der Waals surface area contributed by atoms with Crippen LogP contribution in [0.25, 0.3) is 39.2 Å². The first kappa shape index (κ1) is 19.7. The van der Waals surface area contributed by atoms with Gasteiger partial charge in [-0.05, 0) is 49.1 Å². The quantitative estimate of drug-likeness (QED) is 0.391. The van der Waals surface area contributed by atoms with E-state index in [1.807, 2.05) is 42.2 Å². The van der Waals surface area contributed by atoms with Crippen LogP contribution in [0.2, 0.25) is 0 Å². The largest absolute Gasteiger partial charge is 0.356 e. The summed E-state index contributed by atoms with van der Waals surface area (Å²) in [4.78, 5) is 3.79. The van der Waals surface area contributed by atoms with E-state index in [0.29, 0.717) is 29.4 Å². The van der Waals surface area contributed by atoms with Crippen molar-refractivity contribution in [1.29, 1.82) is 0 Å². The second kappa shape index (κ2) is 7.89. The van der Waals surface area contributed by atoms with Crippen LogP contribution >= 0.6 is 0 Å². The SMILES string of the molecule is Cn1ccc(-n2cc(-c3nn(C4CCCCO4)c4ccc(-c5cccnc5F)cc34)nn2)n1. The Morgan fingerprint density at radius 3 is 2.85 bits per heavy atom. The summed E-state index contributed by atoms with van der Waals surface area (Å²) in [5.41, 5.74) is 3.31. The van der Waals surface area contributed by atoms with Gasteiger partial charge in [0.1, 0.15) is 11.4 Å². The summed E-state index contributed by atoms with van der Waals surface area (Å²) in [6, 6.07) is 11.1.